The minimum absolute atomic E-state index is 0.0500. The molecule has 0 bridgehead atoms. The molecule has 0 aliphatic heterocycles. The normalized spacial score (nSPS) is 11.3. The highest BCUT2D eigenvalue weighted by Crippen LogP contribution is 2.12. The molecule has 0 unspecified atom stereocenters. The van der Waals surface area contributed by atoms with Crippen molar-refractivity contribution in [1.82, 2.24) is 5.32 Å². The van der Waals surface area contributed by atoms with Crippen LogP contribution in [-0.2, 0) is 19.4 Å². The zero-order valence-corrected chi connectivity index (χ0v) is 14.0. The number of sulfone groups is 1. The maximum atomic E-state index is 11.6. The second-order valence-electron chi connectivity index (χ2n) is 5.28. The highest BCUT2D eigenvalue weighted by Gasteiger charge is 2.18. The van der Waals surface area contributed by atoms with Crippen molar-refractivity contribution in [3.05, 3.63) is 29.3 Å². The van der Waals surface area contributed by atoms with Crippen LogP contribution in [0.25, 0.3) is 0 Å². The molecule has 2 N–H and O–H groups in total. The van der Waals surface area contributed by atoms with Gasteiger partial charge >= 0.3 is 0 Å². The SMILES string of the molecule is CC(C)CS(=O)(=O)CC(=O)NCC(=O)Nc1ccc(Cl)cc1. The van der Waals surface area contributed by atoms with E-state index >= 15 is 0 Å². The molecular weight excluding hydrogens is 328 g/mol. The fourth-order valence-corrected chi connectivity index (χ4v) is 3.50. The predicted octanol–water partition coefficient (Wildman–Crippen LogP) is 1.47. The predicted molar refractivity (Wildman–Crippen MR) is 86.6 cm³/mol. The fourth-order valence-electron chi connectivity index (χ4n) is 1.73. The molecule has 0 atom stereocenters. The Morgan fingerprint density at radius 3 is 2.27 bits per heavy atom. The molecule has 0 spiro atoms. The molecule has 2 amide bonds. The van der Waals surface area contributed by atoms with Crippen molar-refractivity contribution in [2.24, 2.45) is 5.92 Å². The average molecular weight is 347 g/mol. The minimum Gasteiger partial charge on any atom is -0.346 e. The summed E-state index contributed by atoms with van der Waals surface area (Å²) in [6.07, 6.45) is 0. The van der Waals surface area contributed by atoms with E-state index in [9.17, 15) is 18.0 Å². The van der Waals surface area contributed by atoms with Crippen molar-refractivity contribution in [2.45, 2.75) is 13.8 Å². The van der Waals surface area contributed by atoms with Crippen LogP contribution in [0.15, 0.2) is 24.3 Å². The van der Waals surface area contributed by atoms with Crippen LogP contribution in [0.5, 0.6) is 0 Å². The van der Waals surface area contributed by atoms with Gasteiger partial charge in [-0.2, -0.15) is 0 Å². The Morgan fingerprint density at radius 1 is 1.14 bits per heavy atom. The summed E-state index contributed by atoms with van der Waals surface area (Å²) in [5.74, 6) is -1.86. The number of nitrogens with one attached hydrogen (secondary N) is 2. The van der Waals surface area contributed by atoms with Crippen LogP contribution in [0, 0.1) is 5.92 Å². The summed E-state index contributed by atoms with van der Waals surface area (Å²) in [6.45, 7) is 3.22. The van der Waals surface area contributed by atoms with Crippen molar-refractivity contribution in [2.75, 3.05) is 23.4 Å². The van der Waals surface area contributed by atoms with Gasteiger partial charge in [0.25, 0.3) is 0 Å². The molecule has 0 saturated heterocycles. The third kappa shape index (κ3) is 7.42. The lowest BCUT2D eigenvalue weighted by Gasteiger charge is -2.08. The van der Waals surface area contributed by atoms with Gasteiger partial charge in [0, 0.05) is 10.7 Å². The first-order chi connectivity index (χ1) is 10.2. The van der Waals surface area contributed by atoms with Gasteiger partial charge in [0.15, 0.2) is 9.84 Å². The van der Waals surface area contributed by atoms with E-state index in [1.54, 1.807) is 38.1 Å². The van der Waals surface area contributed by atoms with E-state index in [1.165, 1.54) is 0 Å². The fraction of sp³-hybridized carbons (Fsp3) is 0.429. The van der Waals surface area contributed by atoms with Gasteiger partial charge in [0.05, 0.1) is 12.3 Å². The number of carbonyl (C=O) groups is 2. The van der Waals surface area contributed by atoms with Crippen LogP contribution in [0.2, 0.25) is 5.02 Å². The molecule has 22 heavy (non-hydrogen) atoms. The quantitative estimate of drug-likeness (QED) is 0.781. The number of anilines is 1. The van der Waals surface area contributed by atoms with E-state index in [0.717, 1.165) is 0 Å². The number of rotatable bonds is 7. The van der Waals surface area contributed by atoms with Crippen molar-refractivity contribution in [3.63, 3.8) is 0 Å². The van der Waals surface area contributed by atoms with Crippen LogP contribution in [0.4, 0.5) is 5.69 Å². The molecule has 122 valence electrons. The molecular formula is C14H19ClN2O4S. The summed E-state index contributed by atoms with van der Waals surface area (Å²) in [5, 5.41) is 5.39. The minimum atomic E-state index is -3.45. The van der Waals surface area contributed by atoms with Crippen LogP contribution in [0.3, 0.4) is 0 Å². The molecule has 0 heterocycles. The van der Waals surface area contributed by atoms with Gasteiger partial charge in [-0.1, -0.05) is 25.4 Å². The number of benzene rings is 1. The van der Waals surface area contributed by atoms with Gasteiger partial charge in [-0.05, 0) is 30.2 Å². The zero-order valence-electron chi connectivity index (χ0n) is 12.4. The van der Waals surface area contributed by atoms with E-state index in [2.05, 4.69) is 10.6 Å². The number of carbonyl (C=O) groups excluding carboxylic acids is 2. The third-order valence-corrected chi connectivity index (χ3v) is 4.64. The summed E-state index contributed by atoms with van der Waals surface area (Å²) in [7, 11) is -3.45. The first-order valence-corrected chi connectivity index (χ1v) is 8.90. The van der Waals surface area contributed by atoms with Crippen LogP contribution >= 0.6 is 11.6 Å². The first kappa shape index (κ1) is 18.4. The lowest BCUT2D eigenvalue weighted by Crippen LogP contribution is -2.37. The van der Waals surface area contributed by atoms with Crippen molar-refractivity contribution in [1.29, 1.82) is 0 Å². The summed E-state index contributed by atoms with van der Waals surface area (Å²) in [5.41, 5.74) is 0.538. The van der Waals surface area contributed by atoms with Crippen molar-refractivity contribution >= 4 is 38.9 Å². The maximum Gasteiger partial charge on any atom is 0.243 e. The van der Waals surface area contributed by atoms with Gasteiger partial charge in [-0.25, -0.2) is 8.42 Å². The van der Waals surface area contributed by atoms with E-state index in [-0.39, 0.29) is 18.2 Å². The average Bonchev–Trinajstić information content (AvgIpc) is 2.37. The Kier molecular flexibility index (Phi) is 6.83. The van der Waals surface area contributed by atoms with E-state index < -0.39 is 27.4 Å². The highest BCUT2D eigenvalue weighted by atomic mass is 35.5. The number of amides is 2. The van der Waals surface area contributed by atoms with Gasteiger partial charge in [-0.15, -0.1) is 0 Å². The summed E-state index contributed by atoms with van der Waals surface area (Å²) in [4.78, 5) is 23.2. The summed E-state index contributed by atoms with van der Waals surface area (Å²) >= 11 is 5.72. The molecule has 1 aromatic carbocycles. The Balaban J connectivity index is 2.40. The lowest BCUT2D eigenvalue weighted by molar-refractivity contribution is -0.122. The Morgan fingerprint density at radius 2 is 1.73 bits per heavy atom. The number of halogens is 1. The number of hydrogen-bond donors (Lipinski definition) is 2. The molecule has 0 saturated carbocycles. The Hall–Kier alpha value is -1.60. The molecule has 8 heteroatoms. The lowest BCUT2D eigenvalue weighted by atomic mass is 10.3. The van der Waals surface area contributed by atoms with Gasteiger partial charge in [0.1, 0.15) is 5.75 Å². The van der Waals surface area contributed by atoms with Gasteiger partial charge in [0.2, 0.25) is 11.8 Å². The van der Waals surface area contributed by atoms with Gasteiger partial charge in [-0.3, -0.25) is 9.59 Å². The molecule has 1 rings (SSSR count). The highest BCUT2D eigenvalue weighted by molar-refractivity contribution is 7.92. The van der Waals surface area contributed by atoms with Crippen LogP contribution in [0.1, 0.15) is 13.8 Å². The standard InChI is InChI=1S/C14H19ClN2O4S/c1-10(2)8-22(20,21)9-14(19)16-7-13(18)17-12-5-3-11(15)4-6-12/h3-6,10H,7-9H2,1-2H3,(H,16,19)(H,17,18). The van der Waals surface area contributed by atoms with Gasteiger partial charge < -0.3 is 10.6 Å². The monoisotopic (exact) mass is 346 g/mol. The molecule has 1 aromatic rings. The topological polar surface area (TPSA) is 92.3 Å². The van der Waals surface area contributed by atoms with E-state index in [4.69, 9.17) is 11.6 Å². The molecule has 0 aliphatic rings. The Labute approximate surface area is 135 Å². The zero-order chi connectivity index (χ0) is 16.8. The maximum absolute atomic E-state index is 11.6. The third-order valence-electron chi connectivity index (χ3n) is 2.51. The second-order valence-corrected chi connectivity index (χ2v) is 7.83. The largest absolute Gasteiger partial charge is 0.346 e. The van der Waals surface area contributed by atoms with Crippen molar-refractivity contribution in [3.8, 4) is 0 Å². The Bertz CT molecular complexity index is 627. The van der Waals surface area contributed by atoms with Crippen molar-refractivity contribution < 1.29 is 18.0 Å². The van der Waals surface area contributed by atoms with Crippen LogP contribution in [-0.4, -0.2) is 38.3 Å². The molecule has 0 radical (unpaired) electrons. The molecule has 0 aliphatic carbocycles. The second kappa shape index (κ2) is 8.14. The number of hydrogen-bond acceptors (Lipinski definition) is 4. The summed E-state index contributed by atoms with van der Waals surface area (Å²) < 4.78 is 23.3. The molecule has 0 fully saturated rings. The van der Waals surface area contributed by atoms with Crippen LogP contribution < -0.4 is 10.6 Å². The summed E-state index contributed by atoms with van der Waals surface area (Å²) in [6, 6.07) is 6.48. The smallest absolute Gasteiger partial charge is 0.243 e. The van der Waals surface area contributed by atoms with E-state index in [1.807, 2.05) is 0 Å². The molecule has 0 aromatic heterocycles. The first-order valence-electron chi connectivity index (χ1n) is 6.70. The van der Waals surface area contributed by atoms with E-state index in [0.29, 0.717) is 10.7 Å². The molecule has 6 nitrogen and oxygen atoms in total.